The molecule has 0 fully saturated rings. The number of aromatic nitrogens is 1. The normalized spacial score (nSPS) is 14.8. The molecule has 1 aromatic heterocycles. The van der Waals surface area contributed by atoms with Crippen molar-refractivity contribution in [1.82, 2.24) is 4.98 Å². The molecule has 176 valence electrons. The number of nitrogens with two attached hydrogens (primary N) is 1. The molecule has 1 aliphatic rings. The van der Waals surface area contributed by atoms with Gasteiger partial charge in [-0.2, -0.15) is 0 Å². The Bertz CT molecular complexity index is 1470. The van der Waals surface area contributed by atoms with Crippen LogP contribution in [-0.4, -0.2) is 17.6 Å². The number of fused-ring (bicyclic) bond motifs is 3. The third-order valence-electron chi connectivity index (χ3n) is 5.92. The van der Waals surface area contributed by atoms with E-state index in [-0.39, 0.29) is 23.6 Å². The Morgan fingerprint density at radius 3 is 2.46 bits per heavy atom. The molecule has 0 bridgehead atoms. The molecular formula is C28H24N2O5. The maximum atomic E-state index is 13.2. The second-order valence-corrected chi connectivity index (χ2v) is 8.12. The molecule has 0 saturated heterocycles. The van der Waals surface area contributed by atoms with Crippen molar-refractivity contribution in [1.29, 1.82) is 0 Å². The second-order valence-electron chi connectivity index (χ2n) is 8.12. The quantitative estimate of drug-likeness (QED) is 0.408. The summed E-state index contributed by atoms with van der Waals surface area (Å²) >= 11 is 0. The topological polar surface area (TPSA) is 104 Å². The van der Waals surface area contributed by atoms with E-state index in [0.717, 1.165) is 5.56 Å². The number of hydrogen-bond acceptors (Lipinski definition) is 6. The first kappa shape index (κ1) is 22.3. The molecule has 7 heteroatoms. The largest absolute Gasteiger partial charge is 0.489 e. The van der Waals surface area contributed by atoms with E-state index in [0.29, 0.717) is 40.1 Å². The Morgan fingerprint density at radius 1 is 1.00 bits per heavy atom. The second kappa shape index (κ2) is 9.38. The molecular weight excluding hydrogens is 444 g/mol. The van der Waals surface area contributed by atoms with Crippen LogP contribution in [0.1, 0.15) is 29.5 Å². The van der Waals surface area contributed by atoms with E-state index in [1.54, 1.807) is 13.0 Å². The van der Waals surface area contributed by atoms with Gasteiger partial charge in [0.2, 0.25) is 5.88 Å². The van der Waals surface area contributed by atoms with Crippen molar-refractivity contribution in [2.75, 3.05) is 6.61 Å². The van der Waals surface area contributed by atoms with Crippen LogP contribution in [-0.2, 0) is 16.1 Å². The highest BCUT2D eigenvalue weighted by molar-refractivity contribution is 5.95. The summed E-state index contributed by atoms with van der Waals surface area (Å²) in [6, 6.07) is 24.4. The molecule has 3 N–H and O–H groups in total. The summed E-state index contributed by atoms with van der Waals surface area (Å²) in [5, 5.41) is 0.695. The van der Waals surface area contributed by atoms with Crippen LogP contribution in [0.2, 0.25) is 0 Å². The fraction of sp³-hybridized carbons (Fsp3) is 0.143. The van der Waals surface area contributed by atoms with Crippen LogP contribution in [0.5, 0.6) is 11.5 Å². The molecule has 0 radical (unpaired) electrons. The number of aromatic amines is 1. The monoisotopic (exact) mass is 468 g/mol. The molecule has 0 saturated carbocycles. The van der Waals surface area contributed by atoms with E-state index in [4.69, 9.17) is 19.9 Å². The van der Waals surface area contributed by atoms with Gasteiger partial charge in [-0.3, -0.25) is 4.79 Å². The van der Waals surface area contributed by atoms with Crippen LogP contribution in [0.25, 0.3) is 10.9 Å². The van der Waals surface area contributed by atoms with E-state index >= 15 is 0 Å². The minimum absolute atomic E-state index is 0.0823. The zero-order valence-electron chi connectivity index (χ0n) is 19.1. The van der Waals surface area contributed by atoms with E-state index in [1.165, 1.54) is 0 Å². The molecule has 1 aliphatic heterocycles. The van der Waals surface area contributed by atoms with E-state index in [1.807, 2.05) is 72.8 Å². The number of H-pyrrole nitrogens is 1. The van der Waals surface area contributed by atoms with Crippen LogP contribution in [0, 0.1) is 0 Å². The molecule has 2 heterocycles. The van der Waals surface area contributed by atoms with Gasteiger partial charge in [0.1, 0.15) is 23.7 Å². The maximum Gasteiger partial charge on any atom is 0.340 e. The number of benzene rings is 3. The molecule has 0 spiro atoms. The lowest BCUT2D eigenvalue weighted by Gasteiger charge is -2.28. The van der Waals surface area contributed by atoms with Gasteiger partial charge in [0.15, 0.2) is 0 Å². The van der Waals surface area contributed by atoms with E-state index in [2.05, 4.69) is 4.98 Å². The minimum Gasteiger partial charge on any atom is -0.489 e. The average Bonchev–Trinajstić information content (AvgIpc) is 2.88. The molecule has 0 aliphatic carbocycles. The first-order valence-corrected chi connectivity index (χ1v) is 11.3. The summed E-state index contributed by atoms with van der Waals surface area (Å²) in [5.74, 6) is -0.482. The van der Waals surface area contributed by atoms with Gasteiger partial charge in [0.25, 0.3) is 5.56 Å². The molecule has 35 heavy (non-hydrogen) atoms. The van der Waals surface area contributed by atoms with E-state index in [9.17, 15) is 9.59 Å². The van der Waals surface area contributed by atoms with Crippen LogP contribution in [0.15, 0.2) is 95.1 Å². The third kappa shape index (κ3) is 4.24. The highest BCUT2D eigenvalue weighted by atomic mass is 16.5. The Kier molecular flexibility index (Phi) is 5.97. The van der Waals surface area contributed by atoms with Crippen molar-refractivity contribution in [2.45, 2.75) is 19.4 Å². The van der Waals surface area contributed by atoms with Gasteiger partial charge in [-0.05, 0) is 42.3 Å². The Balaban J connectivity index is 1.58. The standard InChI is InChI=1S/C28H24N2O5/c1-2-33-28(32)24-22(18-12-14-19(15-13-18)34-16-17-8-4-3-5-9-17)23-25(35-26(24)29)20-10-6-7-11-21(20)30-27(23)31/h3-15,22H,2,16,29H2,1H3,(H,30,31)/t22-/m0/s1. The molecule has 7 nitrogen and oxygen atoms in total. The van der Waals surface area contributed by atoms with Crippen molar-refractivity contribution in [3.63, 3.8) is 0 Å². The summed E-state index contributed by atoms with van der Waals surface area (Å²) in [4.78, 5) is 29.1. The summed E-state index contributed by atoms with van der Waals surface area (Å²) < 4.78 is 17.0. The number of carbonyl (C=O) groups excluding carboxylic acids is 1. The van der Waals surface area contributed by atoms with Gasteiger partial charge in [-0.15, -0.1) is 0 Å². The Morgan fingerprint density at radius 2 is 1.71 bits per heavy atom. The predicted octanol–water partition coefficient (Wildman–Crippen LogP) is 4.36. The van der Waals surface area contributed by atoms with Crippen LogP contribution in [0.3, 0.4) is 0 Å². The average molecular weight is 469 g/mol. The number of ether oxygens (including phenoxy) is 3. The van der Waals surface area contributed by atoms with Crippen LogP contribution in [0.4, 0.5) is 0 Å². The van der Waals surface area contributed by atoms with Crippen molar-refractivity contribution < 1.29 is 19.0 Å². The summed E-state index contributed by atoms with van der Waals surface area (Å²) in [6.07, 6.45) is 0. The van der Waals surface area contributed by atoms with Crippen LogP contribution >= 0.6 is 0 Å². The Labute approximate surface area is 201 Å². The fourth-order valence-electron chi connectivity index (χ4n) is 4.31. The SMILES string of the molecule is CCOC(=O)C1=C(N)Oc2c(c(=O)[nH]c3ccccc23)[C@@H]1c1ccc(OCc2ccccc2)cc1. The fourth-order valence-corrected chi connectivity index (χ4v) is 4.31. The number of para-hydroxylation sites is 1. The first-order valence-electron chi connectivity index (χ1n) is 11.3. The number of esters is 1. The lowest BCUT2D eigenvalue weighted by Crippen LogP contribution is -2.32. The number of pyridine rings is 1. The van der Waals surface area contributed by atoms with Crippen LogP contribution < -0.4 is 20.8 Å². The maximum absolute atomic E-state index is 13.2. The summed E-state index contributed by atoms with van der Waals surface area (Å²) in [7, 11) is 0. The third-order valence-corrected chi connectivity index (χ3v) is 5.92. The molecule has 3 aromatic carbocycles. The minimum atomic E-state index is -0.769. The Hall–Kier alpha value is -4.52. The molecule has 5 rings (SSSR count). The summed E-state index contributed by atoms with van der Waals surface area (Å²) in [5.41, 5.74) is 8.65. The number of hydrogen-bond donors (Lipinski definition) is 2. The lowest BCUT2D eigenvalue weighted by molar-refractivity contribution is -0.139. The number of nitrogens with one attached hydrogen (secondary N) is 1. The van der Waals surface area contributed by atoms with Crippen molar-refractivity contribution >= 4 is 16.9 Å². The molecule has 4 aromatic rings. The zero-order chi connectivity index (χ0) is 24.4. The molecule has 0 unspecified atom stereocenters. The van der Waals surface area contributed by atoms with Gasteiger partial charge in [-0.25, -0.2) is 4.79 Å². The van der Waals surface area contributed by atoms with E-state index < -0.39 is 11.9 Å². The van der Waals surface area contributed by atoms with Gasteiger partial charge in [-0.1, -0.05) is 54.6 Å². The van der Waals surface area contributed by atoms with Gasteiger partial charge >= 0.3 is 5.97 Å². The van der Waals surface area contributed by atoms with Gasteiger partial charge in [0, 0.05) is 5.39 Å². The van der Waals surface area contributed by atoms with Gasteiger partial charge < -0.3 is 24.9 Å². The highest BCUT2D eigenvalue weighted by Gasteiger charge is 2.38. The number of carbonyl (C=O) groups is 1. The lowest BCUT2D eigenvalue weighted by atomic mass is 9.83. The number of rotatable bonds is 6. The molecule has 0 amide bonds. The zero-order valence-corrected chi connectivity index (χ0v) is 19.1. The van der Waals surface area contributed by atoms with Crippen molar-refractivity contribution in [3.05, 3.63) is 117 Å². The predicted molar refractivity (Wildman–Crippen MR) is 132 cm³/mol. The first-order chi connectivity index (χ1) is 17.1. The smallest absolute Gasteiger partial charge is 0.340 e. The van der Waals surface area contributed by atoms with Gasteiger partial charge in [0.05, 0.1) is 23.6 Å². The van der Waals surface area contributed by atoms with Crippen molar-refractivity contribution in [2.24, 2.45) is 5.73 Å². The van der Waals surface area contributed by atoms with Crippen molar-refractivity contribution in [3.8, 4) is 11.5 Å². The highest BCUT2D eigenvalue weighted by Crippen LogP contribution is 2.43. The summed E-state index contributed by atoms with van der Waals surface area (Å²) in [6.45, 7) is 2.29. The molecule has 1 atom stereocenters.